The lowest BCUT2D eigenvalue weighted by Crippen LogP contribution is -2.48. The van der Waals surface area contributed by atoms with Gasteiger partial charge in [-0.1, -0.05) is 19.9 Å². The Morgan fingerprint density at radius 2 is 2.15 bits per heavy atom. The van der Waals surface area contributed by atoms with Crippen molar-refractivity contribution in [3.63, 3.8) is 0 Å². The number of ketones is 1. The molecular formula is C20H25N5O2. The van der Waals surface area contributed by atoms with Crippen LogP contribution < -0.4 is 5.32 Å². The summed E-state index contributed by atoms with van der Waals surface area (Å²) in [6.45, 7) is 7.08. The fraction of sp³-hybridized carbons (Fsp3) is 0.500. The van der Waals surface area contributed by atoms with E-state index < -0.39 is 0 Å². The minimum absolute atomic E-state index is 0.0518. The lowest BCUT2D eigenvalue weighted by atomic mass is 9.80. The summed E-state index contributed by atoms with van der Waals surface area (Å²) in [7, 11) is 0. The van der Waals surface area contributed by atoms with Gasteiger partial charge < -0.3 is 15.2 Å². The largest absolute Gasteiger partial charge is 0.365 e. The highest BCUT2D eigenvalue weighted by Crippen LogP contribution is 2.34. The summed E-state index contributed by atoms with van der Waals surface area (Å²) in [5.74, 6) is 1.28. The quantitative estimate of drug-likeness (QED) is 0.626. The van der Waals surface area contributed by atoms with E-state index in [4.69, 9.17) is 0 Å². The Morgan fingerprint density at radius 3 is 2.85 bits per heavy atom. The van der Waals surface area contributed by atoms with Gasteiger partial charge in [-0.3, -0.25) is 9.59 Å². The summed E-state index contributed by atoms with van der Waals surface area (Å²) in [4.78, 5) is 38.4. The molecule has 2 N–H and O–H groups in total. The molecule has 2 aromatic heterocycles. The van der Waals surface area contributed by atoms with E-state index >= 15 is 0 Å². The van der Waals surface area contributed by atoms with Crippen molar-refractivity contribution < 1.29 is 9.59 Å². The minimum atomic E-state index is -0.0518. The van der Waals surface area contributed by atoms with Gasteiger partial charge in [-0.15, -0.1) is 0 Å². The number of hydrogen-bond acceptors (Lipinski definition) is 5. The molecule has 3 heterocycles. The van der Waals surface area contributed by atoms with Crippen LogP contribution in [0.25, 0.3) is 11.0 Å². The normalized spacial score (nSPS) is 23.1. The number of likely N-dealkylation sites (tertiary alicyclic amines) is 1. The van der Waals surface area contributed by atoms with E-state index in [1.54, 1.807) is 11.1 Å². The van der Waals surface area contributed by atoms with Crippen LogP contribution in [0.3, 0.4) is 0 Å². The second-order valence-electron chi connectivity index (χ2n) is 7.65. The van der Waals surface area contributed by atoms with E-state index in [-0.39, 0.29) is 23.7 Å². The van der Waals surface area contributed by atoms with E-state index in [0.29, 0.717) is 29.5 Å². The number of nitrogens with zero attached hydrogens (tertiary/aromatic N) is 3. The summed E-state index contributed by atoms with van der Waals surface area (Å²) in [5.41, 5.74) is 1.33. The number of fused-ring (bicyclic) bond motifs is 1. The monoisotopic (exact) mass is 367 g/mol. The molecule has 0 radical (unpaired) electrons. The molecule has 142 valence electrons. The average molecular weight is 367 g/mol. The fourth-order valence-corrected chi connectivity index (χ4v) is 3.92. The minimum Gasteiger partial charge on any atom is -0.365 e. The highest BCUT2D eigenvalue weighted by molar-refractivity contribution is 6.11. The van der Waals surface area contributed by atoms with Crippen molar-refractivity contribution in [2.24, 2.45) is 11.8 Å². The van der Waals surface area contributed by atoms with Crippen molar-refractivity contribution in [1.82, 2.24) is 19.9 Å². The lowest BCUT2D eigenvalue weighted by molar-refractivity contribution is -0.127. The molecule has 2 atom stereocenters. The number of rotatable bonds is 5. The van der Waals surface area contributed by atoms with Crippen LogP contribution >= 0.6 is 0 Å². The molecule has 1 aliphatic carbocycles. The zero-order valence-electron chi connectivity index (χ0n) is 15.6. The van der Waals surface area contributed by atoms with Gasteiger partial charge >= 0.3 is 0 Å². The Labute approximate surface area is 158 Å². The molecule has 1 amide bonds. The zero-order valence-corrected chi connectivity index (χ0v) is 15.6. The molecule has 1 saturated heterocycles. The predicted octanol–water partition coefficient (Wildman–Crippen LogP) is 2.78. The highest BCUT2D eigenvalue weighted by atomic mass is 16.2. The summed E-state index contributed by atoms with van der Waals surface area (Å²) >= 11 is 0. The van der Waals surface area contributed by atoms with Crippen LogP contribution in [0.1, 0.15) is 43.0 Å². The van der Waals surface area contributed by atoms with Crippen LogP contribution in [-0.4, -0.2) is 50.7 Å². The molecule has 0 unspecified atom stereocenters. The Morgan fingerprint density at radius 1 is 1.33 bits per heavy atom. The van der Waals surface area contributed by atoms with Gasteiger partial charge in [0.1, 0.15) is 17.8 Å². The van der Waals surface area contributed by atoms with Gasteiger partial charge in [-0.2, -0.15) is 0 Å². The summed E-state index contributed by atoms with van der Waals surface area (Å²) in [6, 6.07) is 0.0577. The van der Waals surface area contributed by atoms with Gasteiger partial charge in [-0.05, 0) is 31.3 Å². The van der Waals surface area contributed by atoms with Crippen LogP contribution in [0, 0.1) is 11.8 Å². The molecule has 7 heteroatoms. The number of aromatic amines is 1. The van der Waals surface area contributed by atoms with E-state index in [0.717, 1.165) is 37.6 Å². The number of aromatic nitrogens is 3. The number of anilines is 1. The topological polar surface area (TPSA) is 91.0 Å². The van der Waals surface area contributed by atoms with Crippen molar-refractivity contribution in [2.75, 3.05) is 18.4 Å². The van der Waals surface area contributed by atoms with Crippen molar-refractivity contribution in [2.45, 2.75) is 38.6 Å². The molecule has 2 aromatic rings. The number of carbonyl (C=O) groups excluding carboxylic acids is 2. The first kappa shape index (κ1) is 17.7. The lowest BCUT2D eigenvalue weighted by Gasteiger charge is -2.37. The Bertz CT molecular complexity index is 886. The number of carbonyl (C=O) groups is 2. The van der Waals surface area contributed by atoms with Crippen LogP contribution in [0.4, 0.5) is 5.82 Å². The maximum absolute atomic E-state index is 12.8. The Hall–Kier alpha value is -2.70. The Kier molecular flexibility index (Phi) is 4.68. The molecule has 0 spiro atoms. The van der Waals surface area contributed by atoms with Crippen molar-refractivity contribution in [3.8, 4) is 0 Å². The predicted molar refractivity (Wildman–Crippen MR) is 104 cm³/mol. The molecule has 2 fully saturated rings. The second kappa shape index (κ2) is 7.13. The summed E-state index contributed by atoms with van der Waals surface area (Å²) in [5, 5.41) is 4.25. The highest BCUT2D eigenvalue weighted by Gasteiger charge is 2.31. The van der Waals surface area contributed by atoms with Crippen molar-refractivity contribution in [3.05, 3.63) is 30.7 Å². The van der Waals surface area contributed by atoms with Gasteiger partial charge in [0.2, 0.25) is 5.91 Å². The van der Waals surface area contributed by atoms with E-state index in [1.165, 1.54) is 12.4 Å². The van der Waals surface area contributed by atoms with Gasteiger partial charge in [0.15, 0.2) is 5.78 Å². The van der Waals surface area contributed by atoms with Crippen LogP contribution in [0.5, 0.6) is 0 Å². The second-order valence-corrected chi connectivity index (χ2v) is 7.65. The number of Topliss-reactive ketones (excluding diaryl/α,β-unsaturated/α-hetero) is 1. The first-order valence-electron chi connectivity index (χ1n) is 9.62. The third-order valence-electron chi connectivity index (χ3n) is 5.98. The van der Waals surface area contributed by atoms with Crippen LogP contribution in [-0.2, 0) is 4.79 Å². The van der Waals surface area contributed by atoms with Crippen LogP contribution in [0.2, 0.25) is 0 Å². The van der Waals surface area contributed by atoms with Gasteiger partial charge in [-0.25, -0.2) is 9.97 Å². The van der Waals surface area contributed by atoms with Gasteiger partial charge in [0.05, 0.1) is 5.39 Å². The van der Waals surface area contributed by atoms with Crippen LogP contribution in [0.15, 0.2) is 25.2 Å². The zero-order chi connectivity index (χ0) is 19.0. The molecule has 2 aliphatic rings. The van der Waals surface area contributed by atoms with E-state index in [9.17, 15) is 9.59 Å². The van der Waals surface area contributed by atoms with E-state index in [1.807, 2.05) is 0 Å². The van der Waals surface area contributed by atoms with Crippen molar-refractivity contribution in [1.29, 1.82) is 0 Å². The maximum atomic E-state index is 12.8. The number of amides is 1. The third kappa shape index (κ3) is 3.22. The van der Waals surface area contributed by atoms with Gasteiger partial charge in [0, 0.05) is 36.8 Å². The third-order valence-corrected chi connectivity index (χ3v) is 5.98. The molecule has 0 aromatic carbocycles. The van der Waals surface area contributed by atoms with Gasteiger partial charge in [0.25, 0.3) is 0 Å². The summed E-state index contributed by atoms with van der Waals surface area (Å²) < 4.78 is 0. The number of nitrogens with one attached hydrogen (secondary N) is 2. The standard InChI is InChI=1S/C20H25N5O2/c1-3-16(26)25-8-7-12(2)15(10-25)24-20-17-14(18(27)13-5-4-6-13)9-21-19(17)22-11-23-20/h3,9,11-13,15H,1,4-8,10H2,2H3,(H2,21,22,23,24)/t12-,15+/m1/s1. The van der Waals surface area contributed by atoms with Crippen molar-refractivity contribution >= 4 is 28.5 Å². The Balaban J connectivity index is 1.63. The molecule has 0 bridgehead atoms. The first-order valence-corrected chi connectivity index (χ1v) is 9.62. The SMILES string of the molecule is C=CC(=O)N1CC[C@@H](C)[C@@H](Nc2ncnc3[nH]cc(C(=O)C4CCC4)c23)C1. The molecular weight excluding hydrogens is 342 g/mol. The van der Waals surface area contributed by atoms with E-state index in [2.05, 4.69) is 33.8 Å². The number of hydrogen-bond donors (Lipinski definition) is 2. The first-order chi connectivity index (χ1) is 13.1. The molecule has 27 heavy (non-hydrogen) atoms. The maximum Gasteiger partial charge on any atom is 0.246 e. The number of piperidine rings is 1. The number of H-pyrrole nitrogens is 1. The average Bonchev–Trinajstić information content (AvgIpc) is 3.06. The molecule has 1 saturated carbocycles. The smallest absolute Gasteiger partial charge is 0.246 e. The summed E-state index contributed by atoms with van der Waals surface area (Å²) in [6.07, 6.45) is 8.56. The molecule has 7 nitrogen and oxygen atoms in total. The molecule has 1 aliphatic heterocycles. The molecule has 4 rings (SSSR count). The fourth-order valence-electron chi connectivity index (χ4n) is 3.92.